The number of carbonyl (C=O) groups excluding carboxylic acids is 3. The van der Waals surface area contributed by atoms with E-state index in [0.717, 1.165) is 5.56 Å². The summed E-state index contributed by atoms with van der Waals surface area (Å²) in [5.74, 6) is -1.60. The van der Waals surface area contributed by atoms with E-state index >= 15 is 0 Å². The van der Waals surface area contributed by atoms with E-state index in [1.807, 2.05) is 0 Å². The van der Waals surface area contributed by atoms with Gasteiger partial charge in [0.2, 0.25) is 5.91 Å². The predicted octanol–water partition coefficient (Wildman–Crippen LogP) is 1.44. The van der Waals surface area contributed by atoms with Crippen LogP contribution in [0.5, 0.6) is 0 Å². The van der Waals surface area contributed by atoms with Crippen LogP contribution in [0.2, 0.25) is 5.02 Å². The van der Waals surface area contributed by atoms with Gasteiger partial charge in [-0.1, -0.05) is 23.7 Å². The van der Waals surface area contributed by atoms with Gasteiger partial charge >= 0.3 is 0 Å². The highest BCUT2D eigenvalue weighted by Crippen LogP contribution is 2.49. The van der Waals surface area contributed by atoms with Crippen LogP contribution in [0.4, 0.5) is 0 Å². The Morgan fingerprint density at radius 1 is 1.20 bits per heavy atom. The summed E-state index contributed by atoms with van der Waals surface area (Å²) in [5.41, 5.74) is 6.88. The van der Waals surface area contributed by atoms with Gasteiger partial charge in [0, 0.05) is 31.2 Å². The van der Waals surface area contributed by atoms with E-state index in [-0.39, 0.29) is 31.2 Å². The molecule has 0 radical (unpaired) electrons. The zero-order chi connectivity index (χ0) is 25.8. The van der Waals surface area contributed by atoms with E-state index < -0.39 is 37.1 Å². The molecule has 0 unspecified atom stereocenters. The van der Waals surface area contributed by atoms with Gasteiger partial charge in [-0.3, -0.25) is 14.4 Å². The van der Waals surface area contributed by atoms with Crippen molar-refractivity contribution in [2.75, 3.05) is 13.1 Å². The second kappa shape index (κ2) is 8.63. The third kappa shape index (κ3) is 4.20. The number of benzene rings is 1. The fourth-order valence-corrected chi connectivity index (χ4v) is 6.83. The van der Waals surface area contributed by atoms with Crippen LogP contribution in [0.15, 0.2) is 24.3 Å². The minimum atomic E-state index is -3.94. The highest BCUT2D eigenvalue weighted by atomic mass is 35.5. The molecule has 0 saturated heterocycles. The average molecular weight is 522 g/mol. The Kier molecular flexibility index (Phi) is 6.21. The molecule has 1 aliphatic carbocycles. The highest BCUT2D eigenvalue weighted by molar-refractivity contribution is 7.95. The Morgan fingerprint density at radius 3 is 2.40 bits per heavy atom. The van der Waals surface area contributed by atoms with Gasteiger partial charge in [-0.2, -0.15) is 0 Å². The fraction of sp³-hybridized carbons (Fsp3) is 0.478. The number of hydrogen-bond acceptors (Lipinski definition) is 6. The number of hydrogen-bond donors (Lipinski definition) is 2. The van der Waals surface area contributed by atoms with Crippen molar-refractivity contribution in [1.82, 2.24) is 19.8 Å². The van der Waals surface area contributed by atoms with Crippen LogP contribution in [0, 0.1) is 6.92 Å². The Balaban J connectivity index is 1.52. The standard InChI is InChI=1S/C23H28ClN5O5S/c1-14-17-20(31)28(13-23(8-9-23)35(33,34)22(2,3)21(25)32)10-11-29(17)18(27-14)19(30)26-12-15-4-6-16(24)7-5-15/h4-7H,8-13H2,1-3H3,(H2,25,32)(H,26,30). The van der Waals surface area contributed by atoms with E-state index in [9.17, 15) is 22.8 Å². The molecule has 2 aromatic rings. The fourth-order valence-electron chi connectivity index (χ4n) is 4.39. The van der Waals surface area contributed by atoms with E-state index in [2.05, 4.69) is 10.3 Å². The zero-order valence-corrected chi connectivity index (χ0v) is 21.4. The van der Waals surface area contributed by atoms with Gasteiger partial charge in [-0.25, -0.2) is 13.4 Å². The molecular weight excluding hydrogens is 494 g/mol. The molecule has 0 bridgehead atoms. The van der Waals surface area contributed by atoms with E-state index in [4.69, 9.17) is 17.3 Å². The number of nitrogens with zero attached hydrogens (tertiary/aromatic N) is 3. The van der Waals surface area contributed by atoms with Crippen LogP contribution in [-0.2, 0) is 27.7 Å². The maximum absolute atomic E-state index is 13.3. The summed E-state index contributed by atoms with van der Waals surface area (Å²) in [6.07, 6.45) is 0.707. The highest BCUT2D eigenvalue weighted by Gasteiger charge is 2.62. The van der Waals surface area contributed by atoms with E-state index in [1.165, 1.54) is 18.7 Å². The van der Waals surface area contributed by atoms with Crippen molar-refractivity contribution < 1.29 is 22.8 Å². The van der Waals surface area contributed by atoms with Gasteiger partial charge in [-0.15, -0.1) is 0 Å². The summed E-state index contributed by atoms with van der Waals surface area (Å²) in [6.45, 7) is 4.99. The number of nitrogens with one attached hydrogen (secondary N) is 1. The van der Waals surface area contributed by atoms with Crippen LogP contribution in [0.3, 0.4) is 0 Å². The lowest BCUT2D eigenvalue weighted by Crippen LogP contribution is -2.55. The van der Waals surface area contributed by atoms with Crippen molar-refractivity contribution in [1.29, 1.82) is 0 Å². The van der Waals surface area contributed by atoms with Gasteiger partial charge in [0.05, 0.1) is 10.4 Å². The number of aryl methyl sites for hydroxylation is 1. The Labute approximate surface area is 208 Å². The number of rotatable bonds is 8. The van der Waals surface area contributed by atoms with Crippen molar-refractivity contribution in [3.8, 4) is 0 Å². The minimum Gasteiger partial charge on any atom is -0.368 e. The second-order valence-electron chi connectivity index (χ2n) is 9.62. The number of aromatic nitrogens is 2. The molecule has 3 amide bonds. The molecule has 1 saturated carbocycles. The maximum Gasteiger partial charge on any atom is 0.287 e. The first-order valence-electron chi connectivity index (χ1n) is 11.2. The average Bonchev–Trinajstić information content (AvgIpc) is 3.51. The number of amides is 3. The quantitative estimate of drug-likeness (QED) is 0.537. The van der Waals surface area contributed by atoms with Crippen molar-refractivity contribution in [3.63, 3.8) is 0 Å². The first-order valence-corrected chi connectivity index (χ1v) is 13.1. The predicted molar refractivity (Wildman–Crippen MR) is 130 cm³/mol. The molecule has 188 valence electrons. The number of nitrogens with two attached hydrogens (primary N) is 1. The van der Waals surface area contributed by atoms with Crippen molar-refractivity contribution >= 4 is 39.2 Å². The molecule has 1 fully saturated rings. The van der Waals surface area contributed by atoms with Crippen molar-refractivity contribution in [2.24, 2.45) is 5.73 Å². The molecule has 1 aromatic heterocycles. The molecule has 35 heavy (non-hydrogen) atoms. The molecule has 0 spiro atoms. The molecule has 1 aromatic carbocycles. The van der Waals surface area contributed by atoms with E-state index in [0.29, 0.717) is 30.1 Å². The normalized spacial score (nSPS) is 17.1. The molecule has 2 aliphatic rings. The van der Waals surface area contributed by atoms with Gasteiger partial charge in [-0.05, 0) is 51.3 Å². The maximum atomic E-state index is 13.3. The number of halogens is 1. The summed E-state index contributed by atoms with van der Waals surface area (Å²) in [4.78, 5) is 43.8. The smallest absolute Gasteiger partial charge is 0.287 e. The van der Waals surface area contributed by atoms with Crippen LogP contribution in [0.1, 0.15) is 59.1 Å². The van der Waals surface area contributed by atoms with Crippen LogP contribution in [-0.4, -0.2) is 63.2 Å². The third-order valence-corrected chi connectivity index (χ3v) is 10.4. The molecular formula is C23H28ClN5O5S. The van der Waals surface area contributed by atoms with Gasteiger partial charge < -0.3 is 20.5 Å². The van der Waals surface area contributed by atoms with Gasteiger partial charge in [0.1, 0.15) is 10.4 Å². The third-order valence-electron chi connectivity index (χ3n) is 6.92. The number of imidazole rings is 1. The summed E-state index contributed by atoms with van der Waals surface area (Å²) >= 11 is 5.89. The summed E-state index contributed by atoms with van der Waals surface area (Å²) in [5, 5.41) is 3.40. The Morgan fingerprint density at radius 2 is 1.83 bits per heavy atom. The van der Waals surface area contributed by atoms with E-state index in [1.54, 1.807) is 35.8 Å². The second-order valence-corrected chi connectivity index (χ2v) is 12.9. The first-order chi connectivity index (χ1) is 16.3. The van der Waals surface area contributed by atoms with Crippen LogP contribution < -0.4 is 11.1 Å². The Hall–Kier alpha value is -2.92. The molecule has 4 rings (SSSR count). The number of carbonyl (C=O) groups is 3. The zero-order valence-electron chi connectivity index (χ0n) is 19.8. The SMILES string of the molecule is Cc1nc(C(=O)NCc2ccc(Cl)cc2)n2c1C(=O)N(CC1(S(=O)(=O)C(C)(C)C(N)=O)CC1)CC2. The largest absolute Gasteiger partial charge is 0.368 e. The topological polar surface area (TPSA) is 144 Å². The van der Waals surface area contributed by atoms with Gasteiger partial charge in [0.15, 0.2) is 15.7 Å². The van der Waals surface area contributed by atoms with Gasteiger partial charge in [0.25, 0.3) is 11.8 Å². The summed E-state index contributed by atoms with van der Waals surface area (Å²) in [7, 11) is -3.94. The van der Waals surface area contributed by atoms with Crippen molar-refractivity contribution in [3.05, 3.63) is 52.1 Å². The molecule has 0 atom stereocenters. The lowest BCUT2D eigenvalue weighted by atomic mass is 10.2. The molecule has 10 nitrogen and oxygen atoms in total. The summed E-state index contributed by atoms with van der Waals surface area (Å²) in [6, 6.07) is 7.07. The monoisotopic (exact) mass is 521 g/mol. The van der Waals surface area contributed by atoms with Crippen LogP contribution in [0.25, 0.3) is 0 Å². The molecule has 1 aliphatic heterocycles. The number of sulfone groups is 1. The van der Waals surface area contributed by atoms with Crippen molar-refractivity contribution in [2.45, 2.75) is 56.2 Å². The lowest BCUT2D eigenvalue weighted by Gasteiger charge is -2.34. The first kappa shape index (κ1) is 25.2. The molecule has 3 N–H and O–H groups in total. The number of fused-ring (bicyclic) bond motifs is 1. The Bertz CT molecular complexity index is 1310. The lowest BCUT2D eigenvalue weighted by molar-refractivity contribution is -0.119. The van der Waals surface area contributed by atoms with Crippen LogP contribution >= 0.6 is 11.6 Å². The minimum absolute atomic E-state index is 0.0341. The summed E-state index contributed by atoms with van der Waals surface area (Å²) < 4.78 is 25.1. The molecule has 2 heterocycles. The molecule has 12 heteroatoms. The number of primary amides is 1.